The molecule has 0 N–H and O–H groups in total. The van der Waals surface area contributed by atoms with E-state index in [1.54, 1.807) is 30.6 Å². The van der Waals surface area contributed by atoms with Crippen LogP contribution in [0.25, 0.3) is 11.6 Å². The summed E-state index contributed by atoms with van der Waals surface area (Å²) in [6, 6.07) is 13.2. The Morgan fingerprint density at radius 2 is 2.11 bits per heavy atom. The molecule has 0 aliphatic rings. The van der Waals surface area contributed by atoms with Gasteiger partial charge in [-0.2, -0.15) is 5.26 Å². The van der Waals surface area contributed by atoms with E-state index in [9.17, 15) is 0 Å². The summed E-state index contributed by atoms with van der Waals surface area (Å²) in [5.74, 6) is 0. The summed E-state index contributed by atoms with van der Waals surface area (Å²) >= 11 is 5.89. The van der Waals surface area contributed by atoms with Crippen molar-refractivity contribution in [1.82, 2.24) is 4.98 Å². The zero-order valence-corrected chi connectivity index (χ0v) is 9.72. The molecular formula is C15H13ClN2. The van der Waals surface area contributed by atoms with Crippen molar-refractivity contribution in [3.8, 4) is 6.07 Å². The predicted octanol–water partition coefficient (Wildman–Crippen LogP) is 4.44. The van der Waals surface area contributed by atoms with E-state index in [-0.39, 0.29) is 7.43 Å². The van der Waals surface area contributed by atoms with Crippen molar-refractivity contribution in [3.05, 3.63) is 64.9 Å². The lowest BCUT2D eigenvalue weighted by Crippen LogP contribution is -1.83. The summed E-state index contributed by atoms with van der Waals surface area (Å²) in [6.07, 6.45) is 5.14. The maximum absolute atomic E-state index is 9.13. The second-order valence-corrected chi connectivity index (χ2v) is 3.90. The third kappa shape index (κ3) is 3.44. The van der Waals surface area contributed by atoms with Crippen molar-refractivity contribution >= 4 is 23.3 Å². The molecule has 0 atom stereocenters. The molecule has 0 aliphatic carbocycles. The molecule has 3 heteroatoms. The highest BCUT2D eigenvalue weighted by atomic mass is 35.5. The van der Waals surface area contributed by atoms with E-state index in [2.05, 4.69) is 11.1 Å². The number of allylic oxidation sites excluding steroid dienone is 1. The van der Waals surface area contributed by atoms with Gasteiger partial charge < -0.3 is 0 Å². The smallest absolute Gasteiger partial charge is 0.0998 e. The van der Waals surface area contributed by atoms with Gasteiger partial charge in [-0.15, -0.1) is 0 Å². The first kappa shape index (κ1) is 14.0. The van der Waals surface area contributed by atoms with Gasteiger partial charge in [0.2, 0.25) is 0 Å². The van der Waals surface area contributed by atoms with Gasteiger partial charge in [-0.3, -0.25) is 4.98 Å². The molecule has 0 saturated heterocycles. The van der Waals surface area contributed by atoms with E-state index in [4.69, 9.17) is 16.9 Å². The first-order valence-corrected chi connectivity index (χ1v) is 5.45. The minimum absolute atomic E-state index is 0. The number of pyridine rings is 1. The number of rotatable bonds is 2. The molecule has 2 rings (SSSR count). The molecule has 18 heavy (non-hydrogen) atoms. The monoisotopic (exact) mass is 256 g/mol. The van der Waals surface area contributed by atoms with Crippen LogP contribution in [0, 0.1) is 11.3 Å². The third-order valence-electron chi connectivity index (χ3n) is 2.25. The average molecular weight is 257 g/mol. The molecule has 0 aliphatic heterocycles. The van der Waals surface area contributed by atoms with Crippen LogP contribution in [-0.2, 0) is 0 Å². The number of nitriles is 1. The van der Waals surface area contributed by atoms with Crippen LogP contribution in [0.5, 0.6) is 0 Å². The highest BCUT2D eigenvalue weighted by Gasteiger charge is 2.00. The Morgan fingerprint density at radius 1 is 1.28 bits per heavy atom. The van der Waals surface area contributed by atoms with Crippen LogP contribution < -0.4 is 0 Å². The van der Waals surface area contributed by atoms with E-state index < -0.39 is 0 Å². The number of benzene rings is 1. The lowest BCUT2D eigenvalue weighted by Gasteiger charge is -1.99. The van der Waals surface area contributed by atoms with Crippen LogP contribution >= 0.6 is 11.6 Å². The van der Waals surface area contributed by atoms with Gasteiger partial charge in [0.25, 0.3) is 0 Å². The minimum atomic E-state index is 0. The van der Waals surface area contributed by atoms with Crippen LogP contribution in [0.4, 0.5) is 0 Å². The van der Waals surface area contributed by atoms with Crippen LogP contribution in [0.15, 0.2) is 48.8 Å². The molecule has 1 aromatic heterocycles. The number of hydrogen-bond donors (Lipinski definition) is 0. The van der Waals surface area contributed by atoms with Gasteiger partial charge in [0, 0.05) is 23.0 Å². The lowest BCUT2D eigenvalue weighted by molar-refractivity contribution is 1.31. The van der Waals surface area contributed by atoms with Crippen LogP contribution in [0.2, 0.25) is 5.02 Å². The standard InChI is InChI=1S/C14H9ClN2.CH4/c15-14-5-1-3-11(8-14)7-13(9-16)12-4-2-6-17-10-12;/h1-8,10H;1H4/b13-7+;. The van der Waals surface area contributed by atoms with E-state index in [0.717, 1.165) is 11.1 Å². The minimum Gasteiger partial charge on any atom is -0.264 e. The van der Waals surface area contributed by atoms with E-state index in [1.807, 2.05) is 24.3 Å². The van der Waals surface area contributed by atoms with Crippen LogP contribution in [0.1, 0.15) is 18.6 Å². The fourth-order valence-corrected chi connectivity index (χ4v) is 1.66. The van der Waals surface area contributed by atoms with Gasteiger partial charge in [0.15, 0.2) is 0 Å². The molecule has 90 valence electrons. The van der Waals surface area contributed by atoms with Gasteiger partial charge in [-0.1, -0.05) is 37.2 Å². The maximum Gasteiger partial charge on any atom is 0.0998 e. The average Bonchev–Trinajstić information content (AvgIpc) is 2.37. The van der Waals surface area contributed by atoms with Crippen molar-refractivity contribution < 1.29 is 0 Å². The Labute approximate surface area is 112 Å². The molecule has 1 heterocycles. The van der Waals surface area contributed by atoms with Gasteiger partial charge in [-0.05, 0) is 29.8 Å². The largest absolute Gasteiger partial charge is 0.264 e. The summed E-state index contributed by atoms with van der Waals surface area (Å²) in [5, 5.41) is 9.79. The lowest BCUT2D eigenvalue weighted by atomic mass is 10.1. The van der Waals surface area contributed by atoms with Gasteiger partial charge in [0.05, 0.1) is 11.6 Å². The Balaban J connectivity index is 0.00000162. The van der Waals surface area contributed by atoms with Crippen molar-refractivity contribution in [2.45, 2.75) is 7.43 Å². The van der Waals surface area contributed by atoms with Crippen molar-refractivity contribution in [3.63, 3.8) is 0 Å². The predicted molar refractivity (Wildman–Crippen MR) is 75.9 cm³/mol. The molecule has 2 nitrogen and oxygen atoms in total. The van der Waals surface area contributed by atoms with Crippen molar-refractivity contribution in [2.75, 3.05) is 0 Å². The quantitative estimate of drug-likeness (QED) is 0.745. The highest BCUT2D eigenvalue weighted by molar-refractivity contribution is 6.30. The molecule has 0 radical (unpaired) electrons. The zero-order chi connectivity index (χ0) is 12.1. The topological polar surface area (TPSA) is 36.7 Å². The number of aromatic nitrogens is 1. The Morgan fingerprint density at radius 3 is 2.72 bits per heavy atom. The normalized spacial score (nSPS) is 10.3. The molecule has 0 spiro atoms. The molecule has 0 unspecified atom stereocenters. The Hall–Kier alpha value is -2.11. The number of halogens is 1. The fourth-order valence-electron chi connectivity index (χ4n) is 1.47. The van der Waals surface area contributed by atoms with E-state index in [0.29, 0.717) is 10.6 Å². The van der Waals surface area contributed by atoms with Crippen LogP contribution in [0.3, 0.4) is 0 Å². The van der Waals surface area contributed by atoms with Crippen LogP contribution in [-0.4, -0.2) is 4.98 Å². The first-order chi connectivity index (χ1) is 8.29. The number of nitrogens with zero attached hydrogens (tertiary/aromatic N) is 2. The fraction of sp³-hybridized carbons (Fsp3) is 0.0667. The molecule has 1 aromatic carbocycles. The maximum atomic E-state index is 9.13. The van der Waals surface area contributed by atoms with E-state index in [1.165, 1.54) is 0 Å². The number of hydrogen-bond acceptors (Lipinski definition) is 2. The summed E-state index contributed by atoms with van der Waals surface area (Å²) in [4.78, 5) is 3.99. The molecule has 0 amide bonds. The van der Waals surface area contributed by atoms with E-state index >= 15 is 0 Å². The SMILES string of the molecule is C.N#C/C(=C\c1cccc(Cl)c1)c1cccnc1. The summed E-state index contributed by atoms with van der Waals surface area (Å²) in [5.41, 5.74) is 2.27. The second-order valence-electron chi connectivity index (χ2n) is 3.47. The Kier molecular flexibility index (Phi) is 5.10. The highest BCUT2D eigenvalue weighted by Crippen LogP contribution is 2.18. The summed E-state index contributed by atoms with van der Waals surface area (Å²) in [7, 11) is 0. The molecule has 0 saturated carbocycles. The zero-order valence-electron chi connectivity index (χ0n) is 8.97. The second kappa shape index (κ2) is 6.58. The summed E-state index contributed by atoms with van der Waals surface area (Å²) < 4.78 is 0. The van der Waals surface area contributed by atoms with Gasteiger partial charge in [-0.25, -0.2) is 0 Å². The van der Waals surface area contributed by atoms with Crippen molar-refractivity contribution in [1.29, 1.82) is 5.26 Å². The summed E-state index contributed by atoms with van der Waals surface area (Å²) in [6.45, 7) is 0. The van der Waals surface area contributed by atoms with Gasteiger partial charge in [0.1, 0.15) is 0 Å². The molecule has 2 aromatic rings. The molecule has 0 bridgehead atoms. The Bertz CT molecular complexity index is 583. The third-order valence-corrected chi connectivity index (χ3v) is 2.49. The van der Waals surface area contributed by atoms with Gasteiger partial charge >= 0.3 is 0 Å². The molecular weight excluding hydrogens is 244 g/mol. The van der Waals surface area contributed by atoms with Crippen molar-refractivity contribution in [2.24, 2.45) is 0 Å². The molecule has 0 fully saturated rings. The first-order valence-electron chi connectivity index (χ1n) is 5.07.